The zero-order valence-corrected chi connectivity index (χ0v) is 9.16. The predicted molar refractivity (Wildman–Crippen MR) is 60.0 cm³/mol. The first-order valence-electron chi connectivity index (χ1n) is 5.52. The smallest absolute Gasteiger partial charge is 0.125 e. The second kappa shape index (κ2) is 5.27. The largest absolute Gasteiger partial charge is 0.392 e. The molecule has 1 aliphatic rings. The third-order valence-corrected chi connectivity index (χ3v) is 2.71. The van der Waals surface area contributed by atoms with Crippen LogP contribution in [0.2, 0.25) is 0 Å². The second-order valence-electron chi connectivity index (χ2n) is 3.93. The van der Waals surface area contributed by atoms with Gasteiger partial charge in [0.2, 0.25) is 0 Å². The highest BCUT2D eigenvalue weighted by molar-refractivity contribution is 5.49. The van der Waals surface area contributed by atoms with Crippen molar-refractivity contribution in [2.24, 2.45) is 0 Å². The number of hydrogen-bond acceptors (Lipinski definition) is 3. The van der Waals surface area contributed by atoms with E-state index in [9.17, 15) is 4.39 Å². The average molecular weight is 225 g/mol. The van der Waals surface area contributed by atoms with E-state index in [0.29, 0.717) is 12.2 Å². The molecule has 1 aliphatic heterocycles. The molecule has 0 radical (unpaired) electrons. The Hall–Kier alpha value is -1.13. The lowest BCUT2D eigenvalue weighted by molar-refractivity contribution is 0.152. The molecule has 4 heteroatoms. The van der Waals surface area contributed by atoms with Crippen LogP contribution in [0.3, 0.4) is 0 Å². The third-order valence-electron chi connectivity index (χ3n) is 2.71. The van der Waals surface area contributed by atoms with Gasteiger partial charge >= 0.3 is 0 Å². The van der Waals surface area contributed by atoms with Crippen LogP contribution in [-0.2, 0) is 11.3 Å². The van der Waals surface area contributed by atoms with Gasteiger partial charge in [0.1, 0.15) is 5.82 Å². The topological polar surface area (TPSA) is 32.7 Å². The number of benzene rings is 1. The Morgan fingerprint density at radius 3 is 2.94 bits per heavy atom. The summed E-state index contributed by atoms with van der Waals surface area (Å²) >= 11 is 0. The highest BCUT2D eigenvalue weighted by atomic mass is 19.1. The molecular weight excluding hydrogens is 209 g/mol. The maximum atomic E-state index is 13.3. The number of hydrogen-bond donors (Lipinski definition) is 1. The number of nitrogens with zero attached hydrogens (tertiary/aromatic N) is 1. The first kappa shape index (κ1) is 11.4. The summed E-state index contributed by atoms with van der Waals surface area (Å²) in [6, 6.07) is 4.69. The van der Waals surface area contributed by atoms with Gasteiger partial charge in [0.05, 0.1) is 13.2 Å². The monoisotopic (exact) mass is 225 g/mol. The molecule has 1 aromatic carbocycles. The molecule has 2 rings (SSSR count). The van der Waals surface area contributed by atoms with Crippen molar-refractivity contribution in [2.75, 3.05) is 31.2 Å². The molecule has 88 valence electrons. The number of aliphatic hydroxyl groups excluding tert-OH is 1. The Bertz CT molecular complexity index is 349. The zero-order valence-electron chi connectivity index (χ0n) is 9.16. The second-order valence-corrected chi connectivity index (χ2v) is 3.93. The molecule has 0 spiro atoms. The maximum absolute atomic E-state index is 13.3. The quantitative estimate of drug-likeness (QED) is 0.828. The van der Waals surface area contributed by atoms with Crippen LogP contribution in [-0.4, -0.2) is 31.4 Å². The standard InChI is InChI=1S/C12H16FNO2/c13-11-6-10(9-15)7-12(8-11)14-2-1-4-16-5-3-14/h6-8,15H,1-5,9H2. The number of rotatable bonds is 2. The highest BCUT2D eigenvalue weighted by Crippen LogP contribution is 2.20. The lowest BCUT2D eigenvalue weighted by Crippen LogP contribution is -2.26. The summed E-state index contributed by atoms with van der Waals surface area (Å²) in [6.07, 6.45) is 0.949. The van der Waals surface area contributed by atoms with Gasteiger partial charge in [-0.15, -0.1) is 0 Å². The van der Waals surface area contributed by atoms with E-state index in [0.717, 1.165) is 31.8 Å². The first-order chi connectivity index (χ1) is 7.79. The number of aliphatic hydroxyl groups is 1. The lowest BCUT2D eigenvalue weighted by atomic mass is 10.2. The van der Waals surface area contributed by atoms with Crippen LogP contribution in [0.4, 0.5) is 10.1 Å². The molecule has 1 heterocycles. The van der Waals surface area contributed by atoms with Crippen molar-refractivity contribution in [1.82, 2.24) is 0 Å². The van der Waals surface area contributed by atoms with E-state index in [1.165, 1.54) is 12.1 Å². The number of ether oxygens (including phenoxy) is 1. The van der Waals surface area contributed by atoms with Crippen molar-refractivity contribution >= 4 is 5.69 Å². The van der Waals surface area contributed by atoms with Crippen LogP contribution in [0.1, 0.15) is 12.0 Å². The molecule has 1 N–H and O–H groups in total. The maximum Gasteiger partial charge on any atom is 0.125 e. The van der Waals surface area contributed by atoms with Gasteiger partial charge in [-0.05, 0) is 30.2 Å². The van der Waals surface area contributed by atoms with Gasteiger partial charge in [-0.3, -0.25) is 0 Å². The van der Waals surface area contributed by atoms with Crippen molar-refractivity contribution in [2.45, 2.75) is 13.0 Å². The molecule has 0 saturated carbocycles. The minimum Gasteiger partial charge on any atom is -0.392 e. The molecule has 0 amide bonds. The summed E-state index contributed by atoms with van der Waals surface area (Å²) in [5.74, 6) is -0.299. The Labute approximate surface area is 94.4 Å². The van der Waals surface area contributed by atoms with Gasteiger partial charge in [-0.25, -0.2) is 4.39 Å². The fourth-order valence-corrected chi connectivity index (χ4v) is 1.91. The first-order valence-corrected chi connectivity index (χ1v) is 5.52. The Morgan fingerprint density at radius 1 is 1.25 bits per heavy atom. The van der Waals surface area contributed by atoms with E-state index in [4.69, 9.17) is 9.84 Å². The summed E-state index contributed by atoms with van der Waals surface area (Å²) in [6.45, 7) is 2.95. The van der Waals surface area contributed by atoms with Crippen molar-refractivity contribution < 1.29 is 14.2 Å². The van der Waals surface area contributed by atoms with E-state index >= 15 is 0 Å². The summed E-state index contributed by atoms with van der Waals surface area (Å²) < 4.78 is 18.7. The van der Waals surface area contributed by atoms with Gasteiger partial charge in [0.15, 0.2) is 0 Å². The van der Waals surface area contributed by atoms with E-state index < -0.39 is 0 Å². The van der Waals surface area contributed by atoms with Crippen molar-refractivity contribution in [3.8, 4) is 0 Å². The molecule has 16 heavy (non-hydrogen) atoms. The van der Waals surface area contributed by atoms with Gasteiger partial charge < -0.3 is 14.7 Å². The molecule has 0 atom stereocenters. The molecule has 0 unspecified atom stereocenters. The average Bonchev–Trinajstić information content (AvgIpc) is 2.56. The van der Waals surface area contributed by atoms with Crippen LogP contribution in [0.15, 0.2) is 18.2 Å². The van der Waals surface area contributed by atoms with E-state index in [1.54, 1.807) is 0 Å². The van der Waals surface area contributed by atoms with Crippen LogP contribution in [0.25, 0.3) is 0 Å². The van der Waals surface area contributed by atoms with Gasteiger partial charge in [-0.2, -0.15) is 0 Å². The number of anilines is 1. The van der Waals surface area contributed by atoms with E-state index in [-0.39, 0.29) is 12.4 Å². The van der Waals surface area contributed by atoms with Crippen LogP contribution >= 0.6 is 0 Å². The molecule has 0 bridgehead atoms. The normalized spacial score (nSPS) is 17.2. The molecule has 3 nitrogen and oxygen atoms in total. The SMILES string of the molecule is OCc1cc(F)cc(N2CCCOCC2)c1. The molecule has 1 saturated heterocycles. The van der Waals surface area contributed by atoms with Gasteiger partial charge in [0.25, 0.3) is 0 Å². The lowest BCUT2D eigenvalue weighted by Gasteiger charge is -2.22. The fraction of sp³-hybridized carbons (Fsp3) is 0.500. The van der Waals surface area contributed by atoms with Crippen molar-refractivity contribution in [3.63, 3.8) is 0 Å². The number of halogens is 1. The Kier molecular flexibility index (Phi) is 3.74. The summed E-state index contributed by atoms with van der Waals surface area (Å²) in [5, 5.41) is 9.03. The predicted octanol–water partition coefficient (Wildman–Crippen LogP) is 1.54. The van der Waals surface area contributed by atoms with Gasteiger partial charge in [-0.1, -0.05) is 0 Å². The van der Waals surface area contributed by atoms with Gasteiger partial charge in [0, 0.05) is 25.4 Å². The third kappa shape index (κ3) is 2.71. The molecule has 1 fully saturated rings. The summed E-state index contributed by atoms with van der Waals surface area (Å²) in [7, 11) is 0. The Morgan fingerprint density at radius 2 is 2.12 bits per heavy atom. The summed E-state index contributed by atoms with van der Waals surface area (Å²) in [5.41, 5.74) is 1.44. The van der Waals surface area contributed by atoms with E-state index in [2.05, 4.69) is 4.90 Å². The molecule has 0 aromatic heterocycles. The molecule has 0 aliphatic carbocycles. The van der Waals surface area contributed by atoms with Crippen LogP contribution < -0.4 is 4.90 Å². The van der Waals surface area contributed by atoms with Crippen molar-refractivity contribution in [1.29, 1.82) is 0 Å². The minimum atomic E-state index is -0.299. The zero-order chi connectivity index (χ0) is 11.4. The minimum absolute atomic E-state index is 0.130. The van der Waals surface area contributed by atoms with Crippen LogP contribution in [0.5, 0.6) is 0 Å². The summed E-state index contributed by atoms with van der Waals surface area (Å²) in [4.78, 5) is 2.09. The molecule has 1 aromatic rings. The molecular formula is C12H16FNO2. The van der Waals surface area contributed by atoms with Crippen LogP contribution in [0, 0.1) is 5.82 Å². The fourth-order valence-electron chi connectivity index (χ4n) is 1.91. The Balaban J connectivity index is 2.20. The highest BCUT2D eigenvalue weighted by Gasteiger charge is 2.11. The van der Waals surface area contributed by atoms with Crippen molar-refractivity contribution in [3.05, 3.63) is 29.6 Å². The van der Waals surface area contributed by atoms with E-state index in [1.807, 2.05) is 6.07 Å².